The van der Waals surface area contributed by atoms with E-state index in [1.165, 1.54) is 0 Å². The van der Waals surface area contributed by atoms with Crippen molar-refractivity contribution in [2.24, 2.45) is 0 Å². The molecule has 6 heteroatoms. The quantitative estimate of drug-likeness (QED) is 0.686. The zero-order valence-corrected chi connectivity index (χ0v) is 17.0. The second kappa shape index (κ2) is 10.3. The Morgan fingerprint density at radius 1 is 1.00 bits per heavy atom. The first-order valence-corrected chi connectivity index (χ1v) is 9.63. The molecule has 150 valence electrons. The standard InChI is InChI=1S/C22H29N3O3/c1-5-25(6-2)22(27)17-11-13-18(14-12-17)23-15-21(26)24-19-9-7-8-10-20(19)28-16(3)4/h7-14,16,23H,5-6,15H2,1-4H3,(H,24,26). The molecule has 2 rings (SSSR count). The molecule has 0 bridgehead atoms. The van der Waals surface area contributed by atoms with E-state index in [2.05, 4.69) is 10.6 Å². The molecule has 0 spiro atoms. The van der Waals surface area contributed by atoms with E-state index in [9.17, 15) is 9.59 Å². The lowest BCUT2D eigenvalue weighted by Crippen LogP contribution is -2.30. The Morgan fingerprint density at radius 2 is 1.64 bits per heavy atom. The van der Waals surface area contributed by atoms with E-state index in [-0.39, 0.29) is 24.5 Å². The third-order valence-corrected chi connectivity index (χ3v) is 4.16. The molecule has 28 heavy (non-hydrogen) atoms. The lowest BCUT2D eigenvalue weighted by Gasteiger charge is -2.18. The van der Waals surface area contributed by atoms with Crippen LogP contribution in [0.5, 0.6) is 5.75 Å². The molecule has 0 heterocycles. The third-order valence-electron chi connectivity index (χ3n) is 4.16. The smallest absolute Gasteiger partial charge is 0.253 e. The second-order valence-corrected chi connectivity index (χ2v) is 6.62. The van der Waals surface area contributed by atoms with Gasteiger partial charge in [0.15, 0.2) is 0 Å². The van der Waals surface area contributed by atoms with Gasteiger partial charge < -0.3 is 20.3 Å². The molecule has 0 aromatic heterocycles. The Kier molecular flexibility index (Phi) is 7.87. The van der Waals surface area contributed by atoms with Gasteiger partial charge in [0, 0.05) is 24.3 Å². The summed E-state index contributed by atoms with van der Waals surface area (Å²) in [6.45, 7) is 9.26. The number of benzene rings is 2. The molecule has 2 amide bonds. The number of ether oxygens (including phenoxy) is 1. The van der Waals surface area contributed by atoms with Gasteiger partial charge in [-0.25, -0.2) is 0 Å². The molecule has 0 atom stereocenters. The summed E-state index contributed by atoms with van der Waals surface area (Å²) in [7, 11) is 0. The highest BCUT2D eigenvalue weighted by Gasteiger charge is 2.12. The summed E-state index contributed by atoms with van der Waals surface area (Å²) in [4.78, 5) is 26.4. The molecule has 2 aromatic carbocycles. The molecule has 0 aliphatic heterocycles. The molecule has 0 saturated carbocycles. The van der Waals surface area contributed by atoms with Crippen molar-refractivity contribution in [3.05, 3.63) is 54.1 Å². The van der Waals surface area contributed by atoms with Crippen molar-refractivity contribution in [2.75, 3.05) is 30.3 Å². The van der Waals surface area contributed by atoms with Gasteiger partial charge >= 0.3 is 0 Å². The molecule has 0 aliphatic carbocycles. The number of carbonyl (C=O) groups is 2. The van der Waals surface area contributed by atoms with Gasteiger partial charge in [-0.2, -0.15) is 0 Å². The van der Waals surface area contributed by atoms with Crippen molar-refractivity contribution in [2.45, 2.75) is 33.8 Å². The van der Waals surface area contributed by atoms with Crippen molar-refractivity contribution >= 4 is 23.2 Å². The maximum Gasteiger partial charge on any atom is 0.253 e. The number of nitrogens with zero attached hydrogens (tertiary/aromatic N) is 1. The molecule has 2 aromatic rings. The summed E-state index contributed by atoms with van der Waals surface area (Å²) < 4.78 is 5.71. The monoisotopic (exact) mass is 383 g/mol. The van der Waals surface area contributed by atoms with Crippen molar-refractivity contribution < 1.29 is 14.3 Å². The SMILES string of the molecule is CCN(CC)C(=O)c1ccc(NCC(=O)Nc2ccccc2OC(C)C)cc1. The molecule has 0 saturated heterocycles. The number of hydrogen-bond acceptors (Lipinski definition) is 4. The fourth-order valence-electron chi connectivity index (χ4n) is 2.73. The van der Waals surface area contributed by atoms with Gasteiger partial charge in [-0.05, 0) is 64.1 Å². The summed E-state index contributed by atoms with van der Waals surface area (Å²) in [6, 6.07) is 14.5. The minimum absolute atomic E-state index is 0.0102. The van der Waals surface area contributed by atoms with Crippen LogP contribution in [0.1, 0.15) is 38.1 Å². The van der Waals surface area contributed by atoms with E-state index >= 15 is 0 Å². The highest BCUT2D eigenvalue weighted by Crippen LogP contribution is 2.24. The van der Waals surface area contributed by atoms with Gasteiger partial charge in [0.2, 0.25) is 5.91 Å². The van der Waals surface area contributed by atoms with Crippen LogP contribution in [-0.4, -0.2) is 42.5 Å². The van der Waals surface area contributed by atoms with Crippen LogP contribution in [-0.2, 0) is 4.79 Å². The number of anilines is 2. The molecular weight excluding hydrogens is 354 g/mol. The van der Waals surface area contributed by atoms with Crippen LogP contribution in [0.15, 0.2) is 48.5 Å². The number of para-hydroxylation sites is 2. The Labute approximate surface area is 166 Å². The van der Waals surface area contributed by atoms with E-state index in [0.717, 1.165) is 5.69 Å². The average Bonchev–Trinajstić information content (AvgIpc) is 2.69. The minimum atomic E-state index is -0.178. The molecule has 0 radical (unpaired) electrons. The Hall–Kier alpha value is -3.02. The van der Waals surface area contributed by atoms with Crippen LogP contribution in [0.4, 0.5) is 11.4 Å². The first-order chi connectivity index (χ1) is 13.4. The van der Waals surface area contributed by atoms with Gasteiger partial charge in [0.05, 0.1) is 18.3 Å². The van der Waals surface area contributed by atoms with Crippen molar-refractivity contribution in [3.8, 4) is 5.75 Å². The maximum absolute atomic E-state index is 12.3. The third kappa shape index (κ3) is 6.01. The highest BCUT2D eigenvalue weighted by molar-refractivity contribution is 5.96. The van der Waals surface area contributed by atoms with Crippen molar-refractivity contribution in [1.29, 1.82) is 0 Å². The number of rotatable bonds is 9. The largest absolute Gasteiger partial charge is 0.489 e. The van der Waals surface area contributed by atoms with Crippen LogP contribution in [0.2, 0.25) is 0 Å². The highest BCUT2D eigenvalue weighted by atomic mass is 16.5. The van der Waals surface area contributed by atoms with Crippen molar-refractivity contribution in [3.63, 3.8) is 0 Å². The van der Waals surface area contributed by atoms with E-state index in [1.807, 2.05) is 52.0 Å². The number of amides is 2. The van der Waals surface area contributed by atoms with Crippen LogP contribution >= 0.6 is 0 Å². The Morgan fingerprint density at radius 3 is 2.25 bits per heavy atom. The first-order valence-electron chi connectivity index (χ1n) is 9.63. The van der Waals surface area contributed by atoms with E-state index < -0.39 is 0 Å². The number of carbonyl (C=O) groups excluding carboxylic acids is 2. The van der Waals surface area contributed by atoms with Gasteiger partial charge in [0.1, 0.15) is 5.75 Å². The van der Waals surface area contributed by atoms with Crippen molar-refractivity contribution in [1.82, 2.24) is 4.90 Å². The molecular formula is C22H29N3O3. The van der Waals surface area contributed by atoms with Crippen LogP contribution in [0.3, 0.4) is 0 Å². The van der Waals surface area contributed by atoms with E-state index in [1.54, 1.807) is 29.2 Å². The van der Waals surface area contributed by atoms with E-state index in [0.29, 0.717) is 30.1 Å². The molecule has 0 unspecified atom stereocenters. The summed E-state index contributed by atoms with van der Waals surface area (Å²) in [5, 5.41) is 5.93. The van der Waals surface area contributed by atoms with Crippen LogP contribution < -0.4 is 15.4 Å². The van der Waals surface area contributed by atoms with Gasteiger partial charge in [0.25, 0.3) is 5.91 Å². The van der Waals surface area contributed by atoms with Gasteiger partial charge in [-0.15, -0.1) is 0 Å². The molecule has 2 N–H and O–H groups in total. The van der Waals surface area contributed by atoms with Crippen LogP contribution in [0, 0.1) is 0 Å². The predicted molar refractivity (Wildman–Crippen MR) is 113 cm³/mol. The second-order valence-electron chi connectivity index (χ2n) is 6.62. The summed E-state index contributed by atoms with van der Waals surface area (Å²) in [5.74, 6) is 0.476. The Balaban J connectivity index is 1.92. The minimum Gasteiger partial charge on any atom is -0.489 e. The Bertz CT molecular complexity index is 784. The number of nitrogens with one attached hydrogen (secondary N) is 2. The zero-order chi connectivity index (χ0) is 20.5. The van der Waals surface area contributed by atoms with Crippen LogP contribution in [0.25, 0.3) is 0 Å². The number of hydrogen-bond donors (Lipinski definition) is 2. The fraction of sp³-hybridized carbons (Fsp3) is 0.364. The van der Waals surface area contributed by atoms with Gasteiger partial charge in [-0.1, -0.05) is 12.1 Å². The average molecular weight is 383 g/mol. The van der Waals surface area contributed by atoms with Gasteiger partial charge in [-0.3, -0.25) is 9.59 Å². The maximum atomic E-state index is 12.3. The normalized spacial score (nSPS) is 10.5. The van der Waals surface area contributed by atoms with E-state index in [4.69, 9.17) is 4.74 Å². The first kappa shape index (κ1) is 21.3. The zero-order valence-electron chi connectivity index (χ0n) is 17.0. The molecule has 0 fully saturated rings. The summed E-state index contributed by atoms with van der Waals surface area (Å²) in [6.07, 6.45) is 0.0220. The lowest BCUT2D eigenvalue weighted by molar-refractivity contribution is -0.114. The molecule has 6 nitrogen and oxygen atoms in total. The molecule has 0 aliphatic rings. The predicted octanol–water partition coefficient (Wildman–Crippen LogP) is 4.01. The lowest BCUT2D eigenvalue weighted by atomic mass is 10.1. The summed E-state index contributed by atoms with van der Waals surface area (Å²) in [5.41, 5.74) is 2.06. The fourth-order valence-corrected chi connectivity index (χ4v) is 2.73. The summed E-state index contributed by atoms with van der Waals surface area (Å²) >= 11 is 0. The topological polar surface area (TPSA) is 70.7 Å².